The first-order valence-corrected chi connectivity index (χ1v) is 11.2. The van der Waals surface area contributed by atoms with E-state index in [0.717, 1.165) is 53.6 Å². The van der Waals surface area contributed by atoms with Crippen LogP contribution in [0.15, 0.2) is 48.5 Å². The maximum absolute atomic E-state index is 13.4. The van der Waals surface area contributed by atoms with Gasteiger partial charge in [0.05, 0.1) is 33.9 Å². The van der Waals surface area contributed by atoms with Gasteiger partial charge in [0.1, 0.15) is 6.04 Å². The van der Waals surface area contributed by atoms with Crippen LogP contribution in [0.3, 0.4) is 0 Å². The van der Waals surface area contributed by atoms with Gasteiger partial charge in [-0.25, -0.2) is 4.98 Å². The van der Waals surface area contributed by atoms with Gasteiger partial charge in [-0.2, -0.15) is 0 Å². The summed E-state index contributed by atoms with van der Waals surface area (Å²) in [5.41, 5.74) is 4.01. The summed E-state index contributed by atoms with van der Waals surface area (Å²) >= 11 is 1.83. The van der Waals surface area contributed by atoms with Gasteiger partial charge in [-0.1, -0.05) is 30.3 Å². The van der Waals surface area contributed by atoms with Crippen LogP contribution in [0.5, 0.6) is 0 Å². The van der Waals surface area contributed by atoms with Gasteiger partial charge in [0, 0.05) is 35.4 Å². The van der Waals surface area contributed by atoms with Crippen molar-refractivity contribution in [1.82, 2.24) is 9.97 Å². The molecule has 2 N–H and O–H groups in total. The van der Waals surface area contributed by atoms with Crippen LogP contribution in [-0.4, -0.2) is 34.9 Å². The van der Waals surface area contributed by atoms with Crippen molar-refractivity contribution in [2.24, 2.45) is 0 Å². The molecule has 1 aliphatic rings. The number of benzene rings is 2. The molecule has 2 aromatic carbocycles. The number of hydrogen-bond acceptors (Lipinski definition) is 3. The Bertz CT molecular complexity index is 1150. The van der Waals surface area contributed by atoms with Crippen molar-refractivity contribution in [3.63, 3.8) is 0 Å². The fraction of sp³-hybridized carbons (Fsp3) is 0.333. The molecule has 4 nitrogen and oxygen atoms in total. The van der Waals surface area contributed by atoms with Gasteiger partial charge in [0.2, 0.25) is 5.78 Å². The third kappa shape index (κ3) is 3.28. The number of Topliss-reactive ketones (excluding diaryl/α,β-unsaturated/α-hetero) is 1. The second-order valence-corrected chi connectivity index (χ2v) is 9.27. The fourth-order valence-electron chi connectivity index (χ4n) is 4.73. The number of para-hydroxylation sites is 2. The van der Waals surface area contributed by atoms with Crippen LogP contribution in [0, 0.1) is 6.92 Å². The number of aromatic amines is 1. The van der Waals surface area contributed by atoms with E-state index in [2.05, 4.69) is 36.2 Å². The highest BCUT2D eigenvalue weighted by Gasteiger charge is 2.33. The first-order chi connectivity index (χ1) is 14.1. The quantitative estimate of drug-likeness (QED) is 0.503. The SMILES string of the molecule is Cc1[nH]c2ccccc2c1C(=O)[C@@H](C)[NH+]1CCC(c2nc3ccccc3s2)CC1. The summed E-state index contributed by atoms with van der Waals surface area (Å²) in [6.45, 7) is 6.15. The van der Waals surface area contributed by atoms with E-state index in [1.54, 1.807) is 0 Å². The van der Waals surface area contributed by atoms with E-state index in [0.29, 0.717) is 5.92 Å². The van der Waals surface area contributed by atoms with Crippen LogP contribution < -0.4 is 4.90 Å². The molecule has 0 aliphatic carbocycles. The molecule has 0 unspecified atom stereocenters. The molecule has 3 heterocycles. The minimum Gasteiger partial charge on any atom is -0.358 e. The number of carbonyl (C=O) groups is 1. The molecule has 1 fully saturated rings. The number of quaternary nitrogens is 1. The van der Waals surface area contributed by atoms with E-state index in [4.69, 9.17) is 4.98 Å². The Kier molecular flexibility index (Phi) is 4.72. The normalized spacial score (nSPS) is 20.9. The number of nitrogens with zero attached hydrogens (tertiary/aromatic N) is 1. The highest BCUT2D eigenvalue weighted by Crippen LogP contribution is 2.31. The van der Waals surface area contributed by atoms with Gasteiger partial charge < -0.3 is 9.88 Å². The smallest absolute Gasteiger partial charge is 0.222 e. The minimum absolute atomic E-state index is 0.0239. The summed E-state index contributed by atoms with van der Waals surface area (Å²) in [7, 11) is 0. The Hall–Kier alpha value is -2.50. The molecular weight excluding hydrogens is 378 g/mol. The molecule has 1 saturated heterocycles. The van der Waals surface area contributed by atoms with Crippen LogP contribution >= 0.6 is 11.3 Å². The number of likely N-dealkylation sites (tertiary alicyclic amines) is 1. The summed E-state index contributed by atoms with van der Waals surface area (Å²) in [6.07, 6.45) is 2.19. The van der Waals surface area contributed by atoms with Gasteiger partial charge in [0.25, 0.3) is 0 Å². The third-order valence-corrected chi connectivity index (χ3v) is 7.63. The predicted molar refractivity (Wildman–Crippen MR) is 119 cm³/mol. The molecule has 1 atom stereocenters. The van der Waals surface area contributed by atoms with Crippen molar-refractivity contribution in [3.8, 4) is 0 Å². The Morgan fingerprint density at radius 1 is 1.14 bits per heavy atom. The molecule has 0 amide bonds. The number of H-pyrrole nitrogens is 1. The molecule has 0 bridgehead atoms. The molecule has 1 aliphatic heterocycles. The largest absolute Gasteiger partial charge is 0.358 e. The fourth-order valence-corrected chi connectivity index (χ4v) is 5.87. The highest BCUT2D eigenvalue weighted by atomic mass is 32.1. The summed E-state index contributed by atoms with van der Waals surface area (Å²) in [4.78, 5) is 23.0. The number of hydrogen-bond donors (Lipinski definition) is 2. The summed E-state index contributed by atoms with van der Waals surface area (Å²) in [5.74, 6) is 0.779. The zero-order valence-electron chi connectivity index (χ0n) is 16.9. The molecule has 2 aromatic heterocycles. The zero-order valence-corrected chi connectivity index (χ0v) is 17.7. The molecule has 29 heavy (non-hydrogen) atoms. The summed E-state index contributed by atoms with van der Waals surface area (Å²) in [5, 5.41) is 2.31. The van der Waals surface area contributed by atoms with Crippen molar-refractivity contribution in [1.29, 1.82) is 0 Å². The Labute approximate surface area is 174 Å². The Morgan fingerprint density at radius 3 is 2.66 bits per heavy atom. The van der Waals surface area contributed by atoms with Gasteiger partial charge in [0.15, 0.2) is 0 Å². The summed E-state index contributed by atoms with van der Waals surface area (Å²) in [6, 6.07) is 16.5. The van der Waals surface area contributed by atoms with Crippen molar-refractivity contribution in [2.45, 2.75) is 38.6 Å². The monoisotopic (exact) mass is 404 g/mol. The molecule has 0 saturated carbocycles. The maximum Gasteiger partial charge on any atom is 0.222 e. The van der Waals surface area contributed by atoms with Crippen molar-refractivity contribution in [2.75, 3.05) is 13.1 Å². The summed E-state index contributed by atoms with van der Waals surface area (Å²) < 4.78 is 1.27. The van der Waals surface area contributed by atoms with Crippen LogP contribution in [0.4, 0.5) is 0 Å². The zero-order chi connectivity index (χ0) is 20.0. The number of aromatic nitrogens is 2. The van der Waals surface area contributed by atoms with Gasteiger partial charge >= 0.3 is 0 Å². The standard InChI is InChI=1S/C24H25N3OS/c1-15-22(18-7-3-4-8-19(18)25-15)23(28)16(2)27-13-11-17(12-14-27)24-26-20-9-5-6-10-21(20)29-24/h3-10,16-17,25H,11-14H2,1-2H3/p+1/t16-/m1/s1. The number of carbonyl (C=O) groups excluding carboxylic acids is 1. The number of thiazole rings is 1. The number of aryl methyl sites for hydroxylation is 1. The van der Waals surface area contributed by atoms with Crippen LogP contribution in [-0.2, 0) is 0 Å². The molecule has 148 valence electrons. The van der Waals surface area contributed by atoms with Gasteiger partial charge in [-0.15, -0.1) is 11.3 Å². The van der Waals surface area contributed by atoms with Crippen LogP contribution in [0.25, 0.3) is 21.1 Å². The van der Waals surface area contributed by atoms with E-state index in [1.807, 2.05) is 42.5 Å². The second kappa shape index (κ2) is 7.39. The second-order valence-electron chi connectivity index (χ2n) is 8.21. The van der Waals surface area contributed by atoms with Crippen molar-refractivity contribution >= 4 is 38.2 Å². The topological polar surface area (TPSA) is 50.2 Å². The number of nitrogens with one attached hydrogen (secondary N) is 2. The molecule has 4 aromatic rings. The number of piperidine rings is 1. The van der Waals surface area contributed by atoms with Crippen LogP contribution in [0.2, 0.25) is 0 Å². The highest BCUT2D eigenvalue weighted by molar-refractivity contribution is 7.18. The predicted octanol–water partition coefficient (Wildman–Crippen LogP) is 4.12. The van der Waals surface area contributed by atoms with Crippen LogP contribution in [0.1, 0.15) is 46.7 Å². The number of fused-ring (bicyclic) bond motifs is 2. The van der Waals surface area contributed by atoms with Crippen molar-refractivity contribution < 1.29 is 9.69 Å². The molecule has 0 spiro atoms. The molecule has 5 rings (SSSR count). The molecule has 0 radical (unpaired) electrons. The lowest BCUT2D eigenvalue weighted by molar-refractivity contribution is -0.918. The minimum atomic E-state index is -0.0239. The van der Waals surface area contributed by atoms with Gasteiger partial charge in [-0.3, -0.25) is 4.79 Å². The average molecular weight is 405 g/mol. The Morgan fingerprint density at radius 2 is 1.86 bits per heavy atom. The third-order valence-electron chi connectivity index (χ3n) is 6.43. The van der Waals surface area contributed by atoms with E-state index in [-0.39, 0.29) is 11.8 Å². The first-order valence-electron chi connectivity index (χ1n) is 10.4. The maximum atomic E-state index is 13.4. The number of ketones is 1. The lowest BCUT2D eigenvalue weighted by Gasteiger charge is -2.32. The lowest BCUT2D eigenvalue weighted by Crippen LogP contribution is -3.17. The van der Waals surface area contributed by atoms with Gasteiger partial charge in [-0.05, 0) is 32.0 Å². The van der Waals surface area contributed by atoms with E-state index >= 15 is 0 Å². The Balaban J connectivity index is 1.31. The number of rotatable bonds is 4. The lowest BCUT2D eigenvalue weighted by atomic mass is 9.94. The van der Waals surface area contributed by atoms with E-state index in [1.165, 1.54) is 14.6 Å². The molecule has 5 heteroatoms. The van der Waals surface area contributed by atoms with E-state index in [9.17, 15) is 4.79 Å². The average Bonchev–Trinajstić information content (AvgIpc) is 3.33. The van der Waals surface area contributed by atoms with Crippen molar-refractivity contribution in [3.05, 3.63) is 64.8 Å². The van der Waals surface area contributed by atoms with E-state index < -0.39 is 0 Å². The molecular formula is C24H26N3OS+. The first kappa shape index (κ1) is 18.5.